The van der Waals surface area contributed by atoms with E-state index < -0.39 is 0 Å². The van der Waals surface area contributed by atoms with Gasteiger partial charge in [-0.15, -0.1) is 0 Å². The first-order valence-corrected chi connectivity index (χ1v) is 7.10. The highest BCUT2D eigenvalue weighted by atomic mass is 19.1. The molecule has 2 rings (SSSR count). The van der Waals surface area contributed by atoms with Crippen LogP contribution < -0.4 is 5.32 Å². The van der Waals surface area contributed by atoms with Crippen molar-refractivity contribution in [3.05, 3.63) is 58.7 Å². The standard InChI is InChI=1S/C17H21FN2O/c1-11(2)19-17(21)16-12(3)8-13(4)20(16)10-14-6-5-7-15(18)9-14/h5-9,11H,10H2,1-4H3,(H,19,21). The molecule has 0 radical (unpaired) electrons. The third kappa shape index (κ3) is 3.51. The van der Waals surface area contributed by atoms with E-state index in [0.29, 0.717) is 12.2 Å². The van der Waals surface area contributed by atoms with Gasteiger partial charge in [0.05, 0.1) is 0 Å². The molecule has 1 heterocycles. The third-order valence-electron chi connectivity index (χ3n) is 3.36. The van der Waals surface area contributed by atoms with Crippen LogP contribution in [0.25, 0.3) is 0 Å². The second-order valence-corrected chi connectivity index (χ2v) is 5.66. The Labute approximate surface area is 124 Å². The Morgan fingerprint density at radius 2 is 2.00 bits per heavy atom. The van der Waals surface area contributed by atoms with E-state index in [1.165, 1.54) is 12.1 Å². The van der Waals surface area contributed by atoms with E-state index in [0.717, 1.165) is 16.8 Å². The molecule has 0 atom stereocenters. The SMILES string of the molecule is Cc1cc(C)n(Cc2cccc(F)c2)c1C(=O)NC(C)C. The van der Waals surface area contributed by atoms with Crippen molar-refractivity contribution in [1.29, 1.82) is 0 Å². The van der Waals surface area contributed by atoms with Crippen molar-refractivity contribution >= 4 is 5.91 Å². The maximum absolute atomic E-state index is 13.3. The van der Waals surface area contributed by atoms with Crippen molar-refractivity contribution in [2.75, 3.05) is 0 Å². The number of nitrogens with one attached hydrogen (secondary N) is 1. The van der Waals surface area contributed by atoms with Gasteiger partial charge in [-0.25, -0.2) is 4.39 Å². The maximum atomic E-state index is 13.3. The van der Waals surface area contributed by atoms with Crippen molar-refractivity contribution in [3.63, 3.8) is 0 Å². The average Bonchev–Trinajstić information content (AvgIpc) is 2.63. The molecule has 0 aliphatic carbocycles. The molecule has 112 valence electrons. The van der Waals surface area contributed by atoms with Gasteiger partial charge in [-0.05, 0) is 57.0 Å². The van der Waals surface area contributed by atoms with Crippen LogP contribution in [0.4, 0.5) is 4.39 Å². The van der Waals surface area contributed by atoms with Crippen LogP contribution in [0.3, 0.4) is 0 Å². The number of hydrogen-bond donors (Lipinski definition) is 1. The number of carbonyl (C=O) groups is 1. The number of carbonyl (C=O) groups excluding carboxylic acids is 1. The fourth-order valence-electron chi connectivity index (χ4n) is 2.50. The van der Waals surface area contributed by atoms with Gasteiger partial charge in [0, 0.05) is 18.3 Å². The highest BCUT2D eigenvalue weighted by molar-refractivity contribution is 5.94. The van der Waals surface area contributed by atoms with E-state index in [1.54, 1.807) is 6.07 Å². The number of halogens is 1. The lowest BCUT2D eigenvalue weighted by atomic mass is 10.2. The Morgan fingerprint density at radius 3 is 2.62 bits per heavy atom. The predicted octanol–water partition coefficient (Wildman–Crippen LogP) is 3.43. The number of aryl methyl sites for hydroxylation is 2. The molecule has 0 saturated carbocycles. The largest absolute Gasteiger partial charge is 0.349 e. The zero-order valence-corrected chi connectivity index (χ0v) is 12.9. The summed E-state index contributed by atoms with van der Waals surface area (Å²) in [6.45, 7) is 8.22. The van der Waals surface area contributed by atoms with Gasteiger partial charge in [0.25, 0.3) is 5.91 Å². The molecule has 3 nitrogen and oxygen atoms in total. The number of rotatable bonds is 4. The second-order valence-electron chi connectivity index (χ2n) is 5.66. The molecule has 1 aromatic carbocycles. The van der Waals surface area contributed by atoms with Crippen LogP contribution in [0, 0.1) is 19.7 Å². The van der Waals surface area contributed by atoms with Crippen molar-refractivity contribution in [2.45, 2.75) is 40.3 Å². The lowest BCUT2D eigenvalue weighted by Gasteiger charge is -2.14. The van der Waals surface area contributed by atoms with E-state index in [-0.39, 0.29) is 17.8 Å². The van der Waals surface area contributed by atoms with E-state index in [2.05, 4.69) is 5.32 Å². The van der Waals surface area contributed by atoms with Gasteiger partial charge >= 0.3 is 0 Å². The van der Waals surface area contributed by atoms with Crippen molar-refractivity contribution in [3.8, 4) is 0 Å². The minimum absolute atomic E-state index is 0.0784. The lowest BCUT2D eigenvalue weighted by Crippen LogP contribution is -2.32. The first-order valence-electron chi connectivity index (χ1n) is 7.10. The Kier molecular flexibility index (Phi) is 4.46. The van der Waals surface area contributed by atoms with Gasteiger partial charge < -0.3 is 9.88 Å². The zero-order valence-electron chi connectivity index (χ0n) is 12.9. The molecule has 1 amide bonds. The number of amides is 1. The van der Waals surface area contributed by atoms with Gasteiger partial charge in [0.2, 0.25) is 0 Å². The molecule has 0 aliphatic rings. The molecular weight excluding hydrogens is 267 g/mol. The molecule has 4 heteroatoms. The Hall–Kier alpha value is -2.10. The minimum Gasteiger partial charge on any atom is -0.349 e. The highest BCUT2D eigenvalue weighted by Crippen LogP contribution is 2.18. The van der Waals surface area contributed by atoms with Crippen LogP contribution in [-0.2, 0) is 6.54 Å². The van der Waals surface area contributed by atoms with E-state index in [4.69, 9.17) is 0 Å². The molecule has 21 heavy (non-hydrogen) atoms. The molecule has 0 fully saturated rings. The number of benzene rings is 1. The average molecular weight is 288 g/mol. The molecule has 1 aromatic heterocycles. The number of aromatic nitrogens is 1. The second kappa shape index (κ2) is 6.12. The summed E-state index contributed by atoms with van der Waals surface area (Å²) >= 11 is 0. The quantitative estimate of drug-likeness (QED) is 0.919. The molecular formula is C17H21FN2O. The molecule has 2 aromatic rings. The first kappa shape index (κ1) is 15.3. The summed E-state index contributed by atoms with van der Waals surface area (Å²) in [6, 6.07) is 8.53. The van der Waals surface area contributed by atoms with Crippen molar-refractivity contribution < 1.29 is 9.18 Å². The monoisotopic (exact) mass is 288 g/mol. The lowest BCUT2D eigenvalue weighted by molar-refractivity contribution is 0.0933. The fourth-order valence-corrected chi connectivity index (χ4v) is 2.50. The Bertz CT molecular complexity index is 659. The molecule has 0 aliphatic heterocycles. The zero-order chi connectivity index (χ0) is 15.6. The fraction of sp³-hybridized carbons (Fsp3) is 0.353. The molecule has 1 N–H and O–H groups in total. The summed E-state index contributed by atoms with van der Waals surface area (Å²) in [5, 5.41) is 2.92. The maximum Gasteiger partial charge on any atom is 0.268 e. The van der Waals surface area contributed by atoms with Crippen molar-refractivity contribution in [1.82, 2.24) is 9.88 Å². The number of nitrogens with zero attached hydrogens (tertiary/aromatic N) is 1. The van der Waals surface area contributed by atoms with Gasteiger partial charge in [-0.2, -0.15) is 0 Å². The molecule has 0 saturated heterocycles. The van der Waals surface area contributed by atoms with Crippen LogP contribution in [0.5, 0.6) is 0 Å². The molecule has 0 spiro atoms. The van der Waals surface area contributed by atoms with Crippen molar-refractivity contribution in [2.24, 2.45) is 0 Å². The van der Waals surface area contributed by atoms with Crippen LogP contribution >= 0.6 is 0 Å². The molecule has 0 bridgehead atoms. The van der Waals surface area contributed by atoms with E-state index >= 15 is 0 Å². The summed E-state index contributed by atoms with van der Waals surface area (Å²) in [5.41, 5.74) is 3.41. The van der Waals surface area contributed by atoms with Gasteiger partial charge in [0.1, 0.15) is 11.5 Å². The number of hydrogen-bond acceptors (Lipinski definition) is 1. The predicted molar refractivity (Wildman–Crippen MR) is 82.0 cm³/mol. The minimum atomic E-state index is -0.262. The van der Waals surface area contributed by atoms with Gasteiger partial charge in [-0.1, -0.05) is 12.1 Å². The molecule has 0 unspecified atom stereocenters. The Balaban J connectivity index is 2.37. The smallest absolute Gasteiger partial charge is 0.268 e. The first-order chi connectivity index (χ1) is 9.88. The van der Waals surface area contributed by atoms with Gasteiger partial charge in [0.15, 0.2) is 0 Å². The van der Waals surface area contributed by atoms with E-state index in [1.807, 2.05) is 44.4 Å². The van der Waals surface area contributed by atoms with Gasteiger partial charge in [-0.3, -0.25) is 4.79 Å². The van der Waals surface area contributed by atoms with Crippen LogP contribution in [0.2, 0.25) is 0 Å². The highest BCUT2D eigenvalue weighted by Gasteiger charge is 2.18. The van der Waals surface area contributed by atoms with E-state index in [9.17, 15) is 9.18 Å². The Morgan fingerprint density at radius 1 is 1.29 bits per heavy atom. The van der Waals surface area contributed by atoms with Crippen LogP contribution in [-0.4, -0.2) is 16.5 Å². The summed E-state index contributed by atoms with van der Waals surface area (Å²) in [4.78, 5) is 12.4. The topological polar surface area (TPSA) is 34.0 Å². The van der Waals surface area contributed by atoms with Crippen LogP contribution in [0.15, 0.2) is 30.3 Å². The summed E-state index contributed by atoms with van der Waals surface area (Å²) in [7, 11) is 0. The summed E-state index contributed by atoms with van der Waals surface area (Å²) in [5.74, 6) is -0.353. The van der Waals surface area contributed by atoms with Crippen LogP contribution in [0.1, 0.15) is 41.2 Å². The summed E-state index contributed by atoms with van der Waals surface area (Å²) in [6.07, 6.45) is 0. The third-order valence-corrected chi connectivity index (χ3v) is 3.36. The normalized spacial score (nSPS) is 11.0. The summed E-state index contributed by atoms with van der Waals surface area (Å²) < 4.78 is 15.3.